The Morgan fingerprint density at radius 1 is 1.16 bits per heavy atom. The number of benzene rings is 2. The largest absolute Gasteiger partial charge is 0.497 e. The van der Waals surface area contributed by atoms with Crippen LogP contribution in [0.4, 0.5) is 14.5 Å². The molecular formula is C14H13F2NO2. The third-order valence-electron chi connectivity index (χ3n) is 2.60. The molecule has 0 aliphatic rings. The quantitative estimate of drug-likeness (QED) is 0.864. The molecule has 2 rings (SSSR count). The van der Waals surface area contributed by atoms with E-state index >= 15 is 0 Å². The van der Waals surface area contributed by atoms with E-state index in [2.05, 4.69) is 0 Å². The van der Waals surface area contributed by atoms with Crippen LogP contribution < -0.4 is 15.2 Å². The number of hydrogen-bond acceptors (Lipinski definition) is 3. The van der Waals surface area contributed by atoms with Crippen LogP contribution in [0.3, 0.4) is 0 Å². The van der Waals surface area contributed by atoms with E-state index in [1.807, 2.05) is 0 Å². The van der Waals surface area contributed by atoms with E-state index in [1.165, 1.54) is 6.07 Å². The van der Waals surface area contributed by atoms with Gasteiger partial charge >= 0.3 is 0 Å². The Hall–Kier alpha value is -2.30. The summed E-state index contributed by atoms with van der Waals surface area (Å²) in [5, 5.41) is 0. The number of methoxy groups -OCH3 is 1. The molecule has 0 spiro atoms. The molecule has 0 aliphatic carbocycles. The second-order valence-electron chi connectivity index (χ2n) is 3.92. The minimum absolute atomic E-state index is 0.0572. The fourth-order valence-corrected chi connectivity index (χ4v) is 1.61. The first-order valence-electron chi connectivity index (χ1n) is 5.61. The molecule has 2 aromatic carbocycles. The summed E-state index contributed by atoms with van der Waals surface area (Å²) in [4.78, 5) is 0. The molecular weight excluding hydrogens is 252 g/mol. The highest BCUT2D eigenvalue weighted by Gasteiger charge is 2.13. The molecule has 0 heterocycles. The Kier molecular flexibility index (Phi) is 3.85. The van der Waals surface area contributed by atoms with E-state index < -0.39 is 11.6 Å². The minimum atomic E-state index is -1.08. The van der Waals surface area contributed by atoms with E-state index in [1.54, 1.807) is 31.4 Å². The van der Waals surface area contributed by atoms with E-state index in [0.29, 0.717) is 5.75 Å². The van der Waals surface area contributed by atoms with Crippen LogP contribution in [0.2, 0.25) is 0 Å². The van der Waals surface area contributed by atoms with Crippen molar-refractivity contribution in [3.05, 3.63) is 53.6 Å². The van der Waals surface area contributed by atoms with Gasteiger partial charge in [-0.3, -0.25) is 0 Å². The second-order valence-corrected chi connectivity index (χ2v) is 3.92. The van der Waals surface area contributed by atoms with Crippen LogP contribution in [0.5, 0.6) is 11.5 Å². The standard InChI is InChI=1S/C14H13F2NO2/c1-18-10-4-2-3-9(7-10)8-19-14-12(17)6-5-11(15)13(14)16/h2-7H,8,17H2,1H3. The summed E-state index contributed by atoms with van der Waals surface area (Å²) < 4.78 is 36.9. The second kappa shape index (κ2) is 5.56. The maximum absolute atomic E-state index is 13.5. The summed E-state index contributed by atoms with van der Waals surface area (Å²) in [6, 6.07) is 9.31. The SMILES string of the molecule is COc1cccc(COc2c(N)ccc(F)c2F)c1. The third kappa shape index (κ3) is 2.93. The summed E-state index contributed by atoms with van der Waals surface area (Å²) in [6.45, 7) is 0.0712. The molecule has 0 unspecified atom stereocenters. The number of halogens is 2. The molecule has 19 heavy (non-hydrogen) atoms. The topological polar surface area (TPSA) is 44.5 Å². The van der Waals surface area contributed by atoms with Crippen LogP contribution in [0.25, 0.3) is 0 Å². The van der Waals surface area contributed by atoms with Gasteiger partial charge in [-0.25, -0.2) is 4.39 Å². The lowest BCUT2D eigenvalue weighted by atomic mass is 10.2. The van der Waals surface area contributed by atoms with Crippen LogP contribution in [0, 0.1) is 11.6 Å². The highest BCUT2D eigenvalue weighted by molar-refractivity contribution is 5.53. The van der Waals surface area contributed by atoms with Crippen LogP contribution in [-0.4, -0.2) is 7.11 Å². The van der Waals surface area contributed by atoms with Gasteiger partial charge in [-0.15, -0.1) is 0 Å². The molecule has 0 saturated carbocycles. The van der Waals surface area contributed by atoms with Crippen molar-refractivity contribution >= 4 is 5.69 Å². The fraction of sp³-hybridized carbons (Fsp3) is 0.143. The Morgan fingerprint density at radius 3 is 2.68 bits per heavy atom. The van der Waals surface area contributed by atoms with Crippen LogP contribution in [0.15, 0.2) is 36.4 Å². The van der Waals surface area contributed by atoms with Crippen molar-refractivity contribution in [1.29, 1.82) is 0 Å². The molecule has 0 radical (unpaired) electrons. The first-order valence-corrected chi connectivity index (χ1v) is 5.61. The van der Waals surface area contributed by atoms with Crippen molar-refractivity contribution < 1.29 is 18.3 Å². The van der Waals surface area contributed by atoms with Gasteiger partial charge in [0.15, 0.2) is 11.6 Å². The molecule has 5 heteroatoms. The van der Waals surface area contributed by atoms with Crippen molar-refractivity contribution in [3.63, 3.8) is 0 Å². The highest BCUT2D eigenvalue weighted by Crippen LogP contribution is 2.28. The Labute approximate surface area is 109 Å². The van der Waals surface area contributed by atoms with Gasteiger partial charge in [0, 0.05) is 0 Å². The summed E-state index contributed by atoms with van der Waals surface area (Å²) in [7, 11) is 1.55. The number of anilines is 1. The molecule has 0 saturated heterocycles. The number of nitrogen functional groups attached to an aromatic ring is 1. The van der Waals surface area contributed by atoms with E-state index in [9.17, 15) is 8.78 Å². The molecule has 0 amide bonds. The number of rotatable bonds is 4. The summed E-state index contributed by atoms with van der Waals surface area (Å²) >= 11 is 0. The van der Waals surface area contributed by atoms with E-state index in [0.717, 1.165) is 11.6 Å². The molecule has 2 aromatic rings. The molecule has 3 nitrogen and oxygen atoms in total. The summed E-state index contributed by atoms with van der Waals surface area (Å²) in [6.07, 6.45) is 0. The smallest absolute Gasteiger partial charge is 0.202 e. The normalized spacial score (nSPS) is 10.3. The Bertz CT molecular complexity index is 588. The van der Waals surface area contributed by atoms with Gasteiger partial charge in [-0.1, -0.05) is 12.1 Å². The molecule has 0 bridgehead atoms. The zero-order valence-electron chi connectivity index (χ0n) is 10.3. The monoisotopic (exact) mass is 265 g/mol. The summed E-state index contributed by atoms with van der Waals surface area (Å²) in [5.41, 5.74) is 6.38. The zero-order valence-corrected chi connectivity index (χ0v) is 10.3. The number of hydrogen-bond donors (Lipinski definition) is 1. The number of nitrogens with two attached hydrogens (primary N) is 1. The van der Waals surface area contributed by atoms with Gasteiger partial charge in [0.05, 0.1) is 12.8 Å². The molecule has 0 fully saturated rings. The van der Waals surface area contributed by atoms with Crippen molar-refractivity contribution in [2.24, 2.45) is 0 Å². The van der Waals surface area contributed by atoms with Gasteiger partial charge in [0.2, 0.25) is 5.82 Å². The third-order valence-corrected chi connectivity index (χ3v) is 2.60. The lowest BCUT2D eigenvalue weighted by molar-refractivity contribution is 0.286. The average molecular weight is 265 g/mol. The highest BCUT2D eigenvalue weighted by atomic mass is 19.2. The Balaban J connectivity index is 2.16. The van der Waals surface area contributed by atoms with Crippen LogP contribution in [0.1, 0.15) is 5.56 Å². The first-order chi connectivity index (χ1) is 9.11. The van der Waals surface area contributed by atoms with Crippen LogP contribution in [-0.2, 0) is 6.61 Å². The Morgan fingerprint density at radius 2 is 1.95 bits per heavy atom. The lowest BCUT2D eigenvalue weighted by Crippen LogP contribution is -2.02. The number of ether oxygens (including phenoxy) is 2. The summed E-state index contributed by atoms with van der Waals surface area (Å²) in [5.74, 6) is -1.69. The average Bonchev–Trinajstić information content (AvgIpc) is 2.43. The van der Waals surface area contributed by atoms with Gasteiger partial charge in [-0.2, -0.15) is 4.39 Å². The maximum Gasteiger partial charge on any atom is 0.202 e. The fourth-order valence-electron chi connectivity index (χ4n) is 1.61. The van der Waals surface area contributed by atoms with Crippen molar-refractivity contribution in [3.8, 4) is 11.5 Å². The van der Waals surface area contributed by atoms with Crippen molar-refractivity contribution in [2.75, 3.05) is 12.8 Å². The minimum Gasteiger partial charge on any atom is -0.497 e. The molecule has 0 atom stereocenters. The predicted octanol–water partition coefficient (Wildman–Crippen LogP) is 3.13. The van der Waals surface area contributed by atoms with Crippen molar-refractivity contribution in [1.82, 2.24) is 0 Å². The molecule has 0 aromatic heterocycles. The van der Waals surface area contributed by atoms with Gasteiger partial charge < -0.3 is 15.2 Å². The maximum atomic E-state index is 13.5. The first kappa shape index (κ1) is 13.1. The van der Waals surface area contributed by atoms with Gasteiger partial charge in [-0.05, 0) is 29.8 Å². The molecule has 100 valence electrons. The van der Waals surface area contributed by atoms with Gasteiger partial charge in [0.1, 0.15) is 12.4 Å². The lowest BCUT2D eigenvalue weighted by Gasteiger charge is -2.11. The zero-order chi connectivity index (χ0) is 13.8. The van der Waals surface area contributed by atoms with Crippen LogP contribution >= 0.6 is 0 Å². The van der Waals surface area contributed by atoms with E-state index in [4.69, 9.17) is 15.2 Å². The molecule has 0 aliphatic heterocycles. The predicted molar refractivity (Wildman–Crippen MR) is 68.1 cm³/mol. The van der Waals surface area contributed by atoms with E-state index in [-0.39, 0.29) is 18.0 Å². The van der Waals surface area contributed by atoms with Crippen molar-refractivity contribution in [2.45, 2.75) is 6.61 Å². The molecule has 2 N–H and O–H groups in total. The van der Waals surface area contributed by atoms with Gasteiger partial charge in [0.25, 0.3) is 0 Å².